The molecule has 1 aromatic heterocycles. The van der Waals surface area contributed by atoms with E-state index in [2.05, 4.69) is 15.2 Å². The predicted molar refractivity (Wildman–Crippen MR) is 94.4 cm³/mol. The fourth-order valence-corrected chi connectivity index (χ4v) is 2.73. The number of hydrogen-bond donors (Lipinski definition) is 1. The molecule has 1 aliphatic heterocycles. The lowest BCUT2D eigenvalue weighted by Gasteiger charge is -2.17. The van der Waals surface area contributed by atoms with Gasteiger partial charge in [0.25, 0.3) is 5.91 Å². The summed E-state index contributed by atoms with van der Waals surface area (Å²) in [6, 6.07) is 13.4. The molecule has 1 amide bonds. The average molecular weight is 310 g/mol. The Labute approximate surface area is 136 Å². The SMILES string of the molecule is CN(C)c1cccc(NC(=O)c2cccc(N3CCCC3)n2)c1. The van der Waals surface area contributed by atoms with Crippen LogP contribution in [0.5, 0.6) is 0 Å². The van der Waals surface area contributed by atoms with Gasteiger partial charge in [-0.1, -0.05) is 12.1 Å². The van der Waals surface area contributed by atoms with E-state index in [9.17, 15) is 4.79 Å². The molecule has 5 heteroatoms. The van der Waals surface area contributed by atoms with E-state index in [1.54, 1.807) is 6.07 Å². The van der Waals surface area contributed by atoms with Crippen molar-refractivity contribution >= 4 is 23.1 Å². The van der Waals surface area contributed by atoms with Crippen molar-refractivity contribution in [2.75, 3.05) is 42.3 Å². The maximum atomic E-state index is 12.5. The van der Waals surface area contributed by atoms with Gasteiger partial charge in [-0.15, -0.1) is 0 Å². The Morgan fingerprint density at radius 3 is 2.61 bits per heavy atom. The number of pyridine rings is 1. The van der Waals surface area contributed by atoms with Crippen molar-refractivity contribution in [3.63, 3.8) is 0 Å². The normalized spacial score (nSPS) is 13.9. The quantitative estimate of drug-likeness (QED) is 0.943. The maximum Gasteiger partial charge on any atom is 0.274 e. The van der Waals surface area contributed by atoms with Crippen molar-refractivity contribution in [1.82, 2.24) is 4.98 Å². The van der Waals surface area contributed by atoms with Crippen molar-refractivity contribution in [3.8, 4) is 0 Å². The van der Waals surface area contributed by atoms with Crippen LogP contribution in [-0.4, -0.2) is 38.1 Å². The largest absolute Gasteiger partial charge is 0.378 e. The second-order valence-electron chi connectivity index (χ2n) is 5.97. The summed E-state index contributed by atoms with van der Waals surface area (Å²) in [6.07, 6.45) is 2.38. The molecule has 2 aromatic rings. The smallest absolute Gasteiger partial charge is 0.274 e. The minimum absolute atomic E-state index is 0.179. The summed E-state index contributed by atoms with van der Waals surface area (Å²) < 4.78 is 0. The summed E-state index contributed by atoms with van der Waals surface area (Å²) in [5, 5.41) is 2.92. The van der Waals surface area contributed by atoms with Crippen molar-refractivity contribution in [3.05, 3.63) is 48.2 Å². The molecule has 0 unspecified atom stereocenters. The molecule has 1 N–H and O–H groups in total. The summed E-state index contributed by atoms with van der Waals surface area (Å²) in [7, 11) is 3.95. The number of amides is 1. The van der Waals surface area contributed by atoms with Gasteiger partial charge in [0.05, 0.1) is 0 Å². The molecule has 1 aromatic carbocycles. The lowest BCUT2D eigenvalue weighted by atomic mass is 10.2. The lowest BCUT2D eigenvalue weighted by Crippen LogP contribution is -2.21. The van der Waals surface area contributed by atoms with Crippen LogP contribution in [0.25, 0.3) is 0 Å². The fourth-order valence-electron chi connectivity index (χ4n) is 2.73. The van der Waals surface area contributed by atoms with Gasteiger partial charge in [-0.05, 0) is 43.2 Å². The van der Waals surface area contributed by atoms with E-state index in [0.717, 1.165) is 30.3 Å². The van der Waals surface area contributed by atoms with Crippen molar-refractivity contribution in [2.24, 2.45) is 0 Å². The Bertz CT molecular complexity index is 693. The number of nitrogens with zero attached hydrogens (tertiary/aromatic N) is 3. The number of anilines is 3. The van der Waals surface area contributed by atoms with Crippen LogP contribution in [0.15, 0.2) is 42.5 Å². The zero-order valence-corrected chi connectivity index (χ0v) is 13.6. The molecule has 5 nitrogen and oxygen atoms in total. The van der Waals surface area contributed by atoms with Crippen molar-refractivity contribution in [2.45, 2.75) is 12.8 Å². The average Bonchev–Trinajstić information content (AvgIpc) is 3.10. The second-order valence-corrected chi connectivity index (χ2v) is 5.97. The molecule has 120 valence electrons. The molecule has 0 bridgehead atoms. The fraction of sp³-hybridized carbons (Fsp3) is 0.333. The van der Waals surface area contributed by atoms with Crippen molar-refractivity contribution in [1.29, 1.82) is 0 Å². The summed E-state index contributed by atoms with van der Waals surface area (Å²) in [5.74, 6) is 0.708. The van der Waals surface area contributed by atoms with Crippen LogP contribution >= 0.6 is 0 Å². The zero-order valence-electron chi connectivity index (χ0n) is 13.6. The standard InChI is InChI=1S/C18H22N4O/c1-21(2)15-8-5-7-14(13-15)19-18(23)16-9-6-10-17(20-16)22-11-3-4-12-22/h5-10,13H,3-4,11-12H2,1-2H3,(H,19,23). The minimum atomic E-state index is -0.179. The summed E-state index contributed by atoms with van der Waals surface area (Å²) in [4.78, 5) is 21.2. The first-order valence-corrected chi connectivity index (χ1v) is 7.94. The topological polar surface area (TPSA) is 48.5 Å². The number of rotatable bonds is 4. The van der Waals surface area contributed by atoms with Gasteiger partial charge in [0.15, 0.2) is 0 Å². The number of aromatic nitrogens is 1. The summed E-state index contributed by atoms with van der Waals surface area (Å²) >= 11 is 0. The Hall–Kier alpha value is -2.56. The Morgan fingerprint density at radius 1 is 1.13 bits per heavy atom. The van der Waals surface area contributed by atoms with Gasteiger partial charge in [-0.3, -0.25) is 4.79 Å². The van der Waals surface area contributed by atoms with E-state index in [0.29, 0.717) is 5.69 Å². The molecule has 2 heterocycles. The molecule has 3 rings (SSSR count). The molecule has 0 radical (unpaired) electrons. The molecular formula is C18H22N4O. The van der Waals surface area contributed by atoms with E-state index < -0.39 is 0 Å². The Balaban J connectivity index is 1.75. The monoisotopic (exact) mass is 310 g/mol. The number of carbonyl (C=O) groups excluding carboxylic acids is 1. The van der Waals surface area contributed by atoms with Crippen LogP contribution < -0.4 is 15.1 Å². The van der Waals surface area contributed by atoms with E-state index in [-0.39, 0.29) is 5.91 Å². The highest BCUT2D eigenvalue weighted by molar-refractivity contribution is 6.03. The highest BCUT2D eigenvalue weighted by Crippen LogP contribution is 2.20. The molecule has 0 aliphatic carbocycles. The minimum Gasteiger partial charge on any atom is -0.378 e. The van der Waals surface area contributed by atoms with Crippen LogP contribution in [0, 0.1) is 0 Å². The van der Waals surface area contributed by atoms with Crippen LogP contribution in [-0.2, 0) is 0 Å². The third-order valence-corrected chi connectivity index (χ3v) is 4.02. The number of benzene rings is 1. The first-order chi connectivity index (χ1) is 11.1. The third kappa shape index (κ3) is 3.62. The Morgan fingerprint density at radius 2 is 1.87 bits per heavy atom. The van der Waals surface area contributed by atoms with Gasteiger partial charge in [-0.25, -0.2) is 4.98 Å². The van der Waals surface area contributed by atoms with Gasteiger partial charge in [0, 0.05) is 38.6 Å². The number of nitrogens with one attached hydrogen (secondary N) is 1. The van der Waals surface area contributed by atoms with Crippen LogP contribution in [0.4, 0.5) is 17.2 Å². The first-order valence-electron chi connectivity index (χ1n) is 7.94. The maximum absolute atomic E-state index is 12.5. The van der Waals surface area contributed by atoms with E-state index in [4.69, 9.17) is 0 Å². The van der Waals surface area contributed by atoms with Crippen molar-refractivity contribution < 1.29 is 4.79 Å². The number of hydrogen-bond acceptors (Lipinski definition) is 4. The molecule has 0 spiro atoms. The molecule has 1 aliphatic rings. The second kappa shape index (κ2) is 6.69. The third-order valence-electron chi connectivity index (χ3n) is 4.02. The lowest BCUT2D eigenvalue weighted by molar-refractivity contribution is 0.102. The van der Waals surface area contributed by atoms with Crippen LogP contribution in [0.3, 0.4) is 0 Å². The molecular weight excluding hydrogens is 288 g/mol. The van der Waals surface area contributed by atoms with Gasteiger partial charge in [0.2, 0.25) is 0 Å². The van der Waals surface area contributed by atoms with Gasteiger partial charge in [-0.2, -0.15) is 0 Å². The highest BCUT2D eigenvalue weighted by atomic mass is 16.1. The van der Waals surface area contributed by atoms with Crippen LogP contribution in [0.1, 0.15) is 23.3 Å². The summed E-state index contributed by atoms with van der Waals surface area (Å²) in [6.45, 7) is 2.03. The molecule has 0 atom stereocenters. The Kier molecular flexibility index (Phi) is 4.46. The molecule has 23 heavy (non-hydrogen) atoms. The van der Waals surface area contributed by atoms with Gasteiger partial charge < -0.3 is 15.1 Å². The van der Waals surface area contributed by atoms with E-state index >= 15 is 0 Å². The van der Waals surface area contributed by atoms with Gasteiger partial charge in [0.1, 0.15) is 11.5 Å². The molecule has 1 fully saturated rings. The summed E-state index contributed by atoms with van der Waals surface area (Å²) in [5.41, 5.74) is 2.26. The van der Waals surface area contributed by atoms with E-state index in [1.807, 2.05) is 55.4 Å². The predicted octanol–water partition coefficient (Wildman–Crippen LogP) is 3.00. The van der Waals surface area contributed by atoms with Gasteiger partial charge >= 0.3 is 0 Å². The first kappa shape index (κ1) is 15.3. The number of carbonyl (C=O) groups is 1. The van der Waals surface area contributed by atoms with E-state index in [1.165, 1.54) is 12.8 Å². The highest BCUT2D eigenvalue weighted by Gasteiger charge is 2.15. The molecule has 0 saturated carbocycles. The van der Waals surface area contributed by atoms with Crippen LogP contribution in [0.2, 0.25) is 0 Å². The zero-order chi connectivity index (χ0) is 16.2. The molecule has 1 saturated heterocycles.